The maximum absolute atomic E-state index is 13.0. The van der Waals surface area contributed by atoms with E-state index in [9.17, 15) is 14.0 Å². The zero-order valence-electron chi connectivity index (χ0n) is 18.0. The molecule has 33 heavy (non-hydrogen) atoms. The van der Waals surface area contributed by atoms with Crippen molar-refractivity contribution in [3.63, 3.8) is 0 Å². The first-order valence-electron chi connectivity index (χ1n) is 10.8. The molecule has 0 spiro atoms. The molecule has 0 unspecified atom stereocenters. The Hall–Kier alpha value is -3.85. The monoisotopic (exact) mass is 448 g/mol. The molecular formula is C24H25FN6O2. The molecule has 1 aliphatic rings. The van der Waals surface area contributed by atoms with Gasteiger partial charge in [-0.3, -0.25) is 9.59 Å². The zero-order chi connectivity index (χ0) is 23.2. The van der Waals surface area contributed by atoms with E-state index in [0.29, 0.717) is 23.4 Å². The Kier molecular flexibility index (Phi) is 6.89. The van der Waals surface area contributed by atoms with Gasteiger partial charge in [-0.25, -0.2) is 14.4 Å². The Morgan fingerprint density at radius 1 is 1.15 bits per heavy atom. The fourth-order valence-electron chi connectivity index (χ4n) is 3.64. The van der Waals surface area contributed by atoms with Crippen LogP contribution in [0.5, 0.6) is 0 Å². The highest BCUT2D eigenvalue weighted by Crippen LogP contribution is 2.20. The van der Waals surface area contributed by atoms with Crippen LogP contribution in [0.1, 0.15) is 39.3 Å². The summed E-state index contributed by atoms with van der Waals surface area (Å²) in [5.74, 6) is -0.935. The van der Waals surface area contributed by atoms with Crippen LogP contribution in [0, 0.1) is 5.82 Å². The number of rotatable bonds is 6. The number of benzene rings is 2. The first kappa shape index (κ1) is 22.3. The Bertz CT molecular complexity index is 1150. The first-order chi connectivity index (χ1) is 16.0. The summed E-state index contributed by atoms with van der Waals surface area (Å²) in [6.07, 6.45) is 3.35. The quantitative estimate of drug-likeness (QED) is 0.459. The van der Waals surface area contributed by atoms with Crippen molar-refractivity contribution in [2.45, 2.75) is 25.4 Å². The number of amides is 2. The summed E-state index contributed by atoms with van der Waals surface area (Å²) in [7, 11) is 0. The van der Waals surface area contributed by atoms with Crippen LogP contribution >= 0.6 is 0 Å². The summed E-state index contributed by atoms with van der Waals surface area (Å²) < 4.78 is 13.0. The van der Waals surface area contributed by atoms with Crippen LogP contribution in [-0.4, -0.2) is 40.9 Å². The topological polar surface area (TPSA) is 122 Å². The predicted octanol–water partition coefficient (Wildman–Crippen LogP) is 2.28. The lowest BCUT2D eigenvalue weighted by molar-refractivity contribution is 0.0923. The Balaban J connectivity index is 1.48. The third-order valence-electron chi connectivity index (χ3n) is 5.43. The van der Waals surface area contributed by atoms with Crippen molar-refractivity contribution in [2.75, 3.05) is 18.8 Å². The van der Waals surface area contributed by atoms with Crippen molar-refractivity contribution >= 4 is 17.6 Å². The minimum atomic E-state index is -0.372. The summed E-state index contributed by atoms with van der Waals surface area (Å²) in [4.78, 5) is 33.9. The molecule has 1 aliphatic heterocycles. The number of nitrogens with two attached hydrogens (primary N) is 1. The molecular weight excluding hydrogens is 423 g/mol. The van der Waals surface area contributed by atoms with Gasteiger partial charge in [-0.15, -0.1) is 0 Å². The summed E-state index contributed by atoms with van der Waals surface area (Å²) in [6, 6.07) is 12.8. The van der Waals surface area contributed by atoms with Gasteiger partial charge < -0.3 is 21.7 Å². The second kappa shape index (κ2) is 10.2. The van der Waals surface area contributed by atoms with E-state index in [1.807, 2.05) is 0 Å². The second-order valence-corrected chi connectivity index (χ2v) is 7.90. The van der Waals surface area contributed by atoms with Crippen LogP contribution in [0.4, 0.5) is 10.2 Å². The van der Waals surface area contributed by atoms with E-state index < -0.39 is 0 Å². The summed E-state index contributed by atoms with van der Waals surface area (Å²) in [5.41, 5.74) is 8.25. The van der Waals surface area contributed by atoms with Gasteiger partial charge in [0.25, 0.3) is 11.8 Å². The molecule has 2 amide bonds. The van der Waals surface area contributed by atoms with E-state index >= 15 is 0 Å². The van der Waals surface area contributed by atoms with Gasteiger partial charge in [0.1, 0.15) is 5.82 Å². The lowest BCUT2D eigenvalue weighted by atomic mass is 10.1. The average Bonchev–Trinajstić information content (AvgIpc) is 2.84. The lowest BCUT2D eigenvalue weighted by Crippen LogP contribution is -2.46. The maximum atomic E-state index is 13.0. The molecule has 1 aromatic heterocycles. The average molecular weight is 449 g/mol. The molecule has 1 saturated heterocycles. The van der Waals surface area contributed by atoms with Gasteiger partial charge in [0.2, 0.25) is 0 Å². The molecule has 8 nitrogen and oxygen atoms in total. The van der Waals surface area contributed by atoms with Crippen molar-refractivity contribution in [1.82, 2.24) is 25.9 Å². The van der Waals surface area contributed by atoms with Crippen molar-refractivity contribution < 1.29 is 14.0 Å². The molecule has 0 saturated carbocycles. The van der Waals surface area contributed by atoms with Gasteiger partial charge in [-0.05, 0) is 49.2 Å². The molecule has 2 heterocycles. The number of hydrogen-bond acceptors (Lipinski definition) is 6. The van der Waals surface area contributed by atoms with Gasteiger partial charge >= 0.3 is 0 Å². The lowest BCUT2D eigenvalue weighted by Gasteiger charge is -2.23. The van der Waals surface area contributed by atoms with Gasteiger partial charge in [-0.2, -0.15) is 0 Å². The van der Waals surface area contributed by atoms with Crippen LogP contribution in [0.2, 0.25) is 0 Å². The third kappa shape index (κ3) is 5.69. The van der Waals surface area contributed by atoms with Crippen LogP contribution in [0.3, 0.4) is 0 Å². The Morgan fingerprint density at radius 3 is 2.73 bits per heavy atom. The van der Waals surface area contributed by atoms with Crippen molar-refractivity contribution in [2.24, 2.45) is 0 Å². The fourth-order valence-corrected chi connectivity index (χ4v) is 3.64. The molecule has 4 rings (SSSR count). The largest absolute Gasteiger partial charge is 0.382 e. The van der Waals surface area contributed by atoms with Gasteiger partial charge in [-0.1, -0.05) is 24.3 Å². The number of nitrogens with zero attached hydrogens (tertiary/aromatic N) is 2. The van der Waals surface area contributed by atoms with E-state index in [4.69, 9.17) is 5.73 Å². The van der Waals surface area contributed by atoms with Crippen molar-refractivity contribution in [1.29, 1.82) is 0 Å². The highest BCUT2D eigenvalue weighted by atomic mass is 19.1. The highest BCUT2D eigenvalue weighted by Gasteiger charge is 2.20. The van der Waals surface area contributed by atoms with E-state index in [1.165, 1.54) is 18.3 Å². The number of nitrogens with one attached hydrogen (secondary N) is 3. The summed E-state index contributed by atoms with van der Waals surface area (Å²) >= 11 is 0. The van der Waals surface area contributed by atoms with Crippen LogP contribution in [0.15, 0.2) is 54.7 Å². The number of hydrogen-bond donors (Lipinski definition) is 4. The molecule has 2 aromatic carbocycles. The number of nitrogen functional groups attached to an aromatic ring is 1. The number of carbonyl (C=O) groups excluding carboxylic acids is 2. The number of aromatic nitrogens is 2. The standard InChI is InChI=1S/C24H25FN6O2/c25-18-8-6-15(7-9-18)12-29-23(32)17-4-1-3-16(11-17)20-14-28-22(26)21(31-20)24(33)30-19-5-2-10-27-13-19/h1,3-4,6-9,11,14,19,27H,2,5,10,12-13H2,(H2,26,28)(H,29,32)(H,30,33)/t19-/m0/s1. The van der Waals surface area contributed by atoms with Crippen molar-refractivity contribution in [3.05, 3.63) is 77.4 Å². The molecule has 170 valence electrons. The van der Waals surface area contributed by atoms with Crippen molar-refractivity contribution in [3.8, 4) is 11.3 Å². The molecule has 0 aliphatic carbocycles. The molecule has 5 N–H and O–H groups in total. The van der Waals surface area contributed by atoms with E-state index in [1.54, 1.807) is 36.4 Å². The SMILES string of the molecule is Nc1ncc(-c2cccc(C(=O)NCc3ccc(F)cc3)c2)nc1C(=O)N[C@H]1CCCNC1. The molecule has 1 atom stereocenters. The predicted molar refractivity (Wildman–Crippen MR) is 123 cm³/mol. The summed E-state index contributed by atoms with van der Waals surface area (Å²) in [6.45, 7) is 1.91. The van der Waals surface area contributed by atoms with Gasteiger partial charge in [0, 0.05) is 30.3 Å². The molecule has 9 heteroatoms. The summed E-state index contributed by atoms with van der Waals surface area (Å²) in [5, 5.41) is 9.01. The van der Waals surface area contributed by atoms with Crippen LogP contribution in [0.25, 0.3) is 11.3 Å². The maximum Gasteiger partial charge on any atom is 0.274 e. The van der Waals surface area contributed by atoms with E-state index in [-0.39, 0.29) is 41.7 Å². The minimum absolute atomic E-state index is 0.0178. The Morgan fingerprint density at radius 2 is 1.97 bits per heavy atom. The molecule has 1 fully saturated rings. The van der Waals surface area contributed by atoms with Crippen LogP contribution < -0.4 is 21.7 Å². The minimum Gasteiger partial charge on any atom is -0.382 e. The number of piperidine rings is 1. The first-order valence-corrected chi connectivity index (χ1v) is 10.8. The zero-order valence-corrected chi connectivity index (χ0v) is 18.0. The van der Waals surface area contributed by atoms with E-state index in [2.05, 4.69) is 25.9 Å². The normalized spacial score (nSPS) is 15.6. The van der Waals surface area contributed by atoms with E-state index in [0.717, 1.165) is 24.9 Å². The highest BCUT2D eigenvalue weighted by molar-refractivity contribution is 5.97. The Labute approximate surface area is 190 Å². The smallest absolute Gasteiger partial charge is 0.274 e. The molecule has 3 aromatic rings. The fraction of sp³-hybridized carbons (Fsp3) is 0.250. The number of anilines is 1. The van der Waals surface area contributed by atoms with Gasteiger partial charge in [0.15, 0.2) is 11.5 Å². The number of carbonyl (C=O) groups is 2. The molecule has 0 radical (unpaired) electrons. The third-order valence-corrected chi connectivity index (χ3v) is 5.43. The molecule has 0 bridgehead atoms. The van der Waals surface area contributed by atoms with Crippen LogP contribution in [-0.2, 0) is 6.54 Å². The van der Waals surface area contributed by atoms with Gasteiger partial charge in [0.05, 0.1) is 11.9 Å². The second-order valence-electron chi connectivity index (χ2n) is 7.90. The number of halogens is 1.